The number of aromatic nitrogens is 1. The first-order valence-electron chi connectivity index (χ1n) is 6.89. The molecule has 1 heterocycles. The number of carbonyl (C=O) groups excluding carboxylic acids is 1. The van der Waals surface area contributed by atoms with Gasteiger partial charge in [-0.05, 0) is 30.7 Å². The van der Waals surface area contributed by atoms with Crippen LogP contribution in [0.25, 0.3) is 10.9 Å². The fourth-order valence-corrected chi connectivity index (χ4v) is 2.66. The van der Waals surface area contributed by atoms with Crippen molar-refractivity contribution in [1.82, 2.24) is 4.57 Å². The van der Waals surface area contributed by atoms with E-state index in [0.717, 1.165) is 29.5 Å². The summed E-state index contributed by atoms with van der Waals surface area (Å²) in [6.07, 6.45) is 2.80. The van der Waals surface area contributed by atoms with Crippen molar-refractivity contribution in [3.63, 3.8) is 0 Å². The highest BCUT2D eigenvalue weighted by molar-refractivity contribution is 5.98. The normalized spacial score (nSPS) is 10.8. The van der Waals surface area contributed by atoms with Crippen molar-refractivity contribution in [2.24, 2.45) is 0 Å². The molecular weight excluding hydrogens is 262 g/mol. The largest absolute Gasteiger partial charge is 0.497 e. The maximum absolute atomic E-state index is 11.3. The molecular formula is C18H17NO2. The van der Waals surface area contributed by atoms with Gasteiger partial charge in [0.15, 0.2) is 6.29 Å². The van der Waals surface area contributed by atoms with Crippen molar-refractivity contribution in [2.75, 3.05) is 7.11 Å². The Morgan fingerprint density at radius 3 is 2.76 bits per heavy atom. The molecule has 0 aliphatic rings. The van der Waals surface area contributed by atoms with Crippen molar-refractivity contribution < 1.29 is 9.53 Å². The molecule has 0 radical (unpaired) electrons. The summed E-state index contributed by atoms with van der Waals surface area (Å²) in [4.78, 5) is 11.3. The average molecular weight is 279 g/mol. The SMILES string of the molecule is COc1ccc2c(c1)c(C=O)cn2Cc1cccc(C)c1. The summed E-state index contributed by atoms with van der Waals surface area (Å²) in [5.41, 5.74) is 4.19. The molecule has 0 N–H and O–H groups in total. The predicted octanol–water partition coefficient (Wildman–Crippen LogP) is 3.82. The summed E-state index contributed by atoms with van der Waals surface area (Å²) in [6, 6.07) is 14.2. The Morgan fingerprint density at radius 2 is 2.05 bits per heavy atom. The second-order valence-electron chi connectivity index (χ2n) is 5.20. The molecule has 0 amide bonds. The molecule has 0 aliphatic carbocycles. The lowest BCUT2D eigenvalue weighted by molar-refractivity contribution is 0.112. The van der Waals surface area contributed by atoms with E-state index in [1.165, 1.54) is 11.1 Å². The number of nitrogens with zero attached hydrogens (tertiary/aromatic N) is 1. The Hall–Kier alpha value is -2.55. The molecule has 0 bridgehead atoms. The summed E-state index contributed by atoms with van der Waals surface area (Å²) in [5, 5.41) is 0.928. The Kier molecular flexibility index (Phi) is 3.48. The fourth-order valence-electron chi connectivity index (χ4n) is 2.66. The molecule has 3 nitrogen and oxygen atoms in total. The van der Waals surface area contributed by atoms with Gasteiger partial charge in [0.1, 0.15) is 5.75 Å². The predicted molar refractivity (Wildman–Crippen MR) is 84.2 cm³/mol. The van der Waals surface area contributed by atoms with Crippen molar-refractivity contribution in [2.45, 2.75) is 13.5 Å². The monoisotopic (exact) mass is 279 g/mol. The minimum absolute atomic E-state index is 0.691. The molecule has 3 heteroatoms. The van der Waals surface area contributed by atoms with E-state index in [-0.39, 0.29) is 0 Å². The van der Waals surface area contributed by atoms with Gasteiger partial charge in [-0.2, -0.15) is 0 Å². The molecule has 1 aromatic heterocycles. The van der Waals surface area contributed by atoms with Crippen LogP contribution in [-0.4, -0.2) is 18.0 Å². The molecule has 0 aliphatic heterocycles. The van der Waals surface area contributed by atoms with E-state index >= 15 is 0 Å². The maximum Gasteiger partial charge on any atom is 0.152 e. The Bertz CT molecular complexity index is 802. The topological polar surface area (TPSA) is 31.2 Å². The average Bonchev–Trinajstić information content (AvgIpc) is 2.84. The first-order chi connectivity index (χ1) is 10.2. The Balaban J connectivity index is 2.08. The minimum atomic E-state index is 0.691. The second kappa shape index (κ2) is 5.44. The van der Waals surface area contributed by atoms with E-state index in [2.05, 4.69) is 35.8 Å². The van der Waals surface area contributed by atoms with Crippen LogP contribution in [0.1, 0.15) is 21.5 Å². The van der Waals surface area contributed by atoms with Crippen LogP contribution >= 0.6 is 0 Å². The van der Waals surface area contributed by atoms with E-state index in [0.29, 0.717) is 5.56 Å². The lowest BCUT2D eigenvalue weighted by Gasteiger charge is -2.07. The highest BCUT2D eigenvalue weighted by atomic mass is 16.5. The Morgan fingerprint density at radius 1 is 1.19 bits per heavy atom. The van der Waals surface area contributed by atoms with Crippen molar-refractivity contribution in [3.05, 3.63) is 65.4 Å². The smallest absolute Gasteiger partial charge is 0.152 e. The highest BCUT2D eigenvalue weighted by Gasteiger charge is 2.09. The lowest BCUT2D eigenvalue weighted by atomic mass is 10.1. The molecule has 3 aromatic rings. The molecule has 0 saturated carbocycles. The van der Waals surface area contributed by atoms with Gasteiger partial charge in [-0.1, -0.05) is 29.8 Å². The van der Waals surface area contributed by atoms with Crippen LogP contribution in [0.5, 0.6) is 5.75 Å². The van der Waals surface area contributed by atoms with Gasteiger partial charge in [-0.25, -0.2) is 0 Å². The summed E-state index contributed by atoms with van der Waals surface area (Å²) in [6.45, 7) is 2.83. The van der Waals surface area contributed by atoms with Gasteiger partial charge >= 0.3 is 0 Å². The van der Waals surface area contributed by atoms with E-state index in [4.69, 9.17) is 4.74 Å². The second-order valence-corrected chi connectivity index (χ2v) is 5.20. The van der Waals surface area contributed by atoms with E-state index in [9.17, 15) is 4.79 Å². The van der Waals surface area contributed by atoms with Crippen LogP contribution in [0.3, 0.4) is 0 Å². The van der Waals surface area contributed by atoms with E-state index in [1.807, 2.05) is 24.4 Å². The van der Waals surface area contributed by atoms with Gasteiger partial charge in [-0.3, -0.25) is 4.79 Å². The zero-order valence-electron chi connectivity index (χ0n) is 12.2. The maximum atomic E-state index is 11.3. The van der Waals surface area contributed by atoms with Gasteiger partial charge in [0.25, 0.3) is 0 Å². The van der Waals surface area contributed by atoms with Crippen molar-refractivity contribution in [3.8, 4) is 5.75 Å². The van der Waals surface area contributed by atoms with Gasteiger partial charge < -0.3 is 9.30 Å². The van der Waals surface area contributed by atoms with Gasteiger partial charge in [0.2, 0.25) is 0 Å². The van der Waals surface area contributed by atoms with Gasteiger partial charge in [-0.15, -0.1) is 0 Å². The van der Waals surface area contributed by atoms with Gasteiger partial charge in [0.05, 0.1) is 7.11 Å². The van der Waals surface area contributed by atoms with Crippen molar-refractivity contribution >= 4 is 17.2 Å². The first kappa shape index (κ1) is 13.4. The number of methoxy groups -OCH3 is 1. The van der Waals surface area contributed by atoms with Gasteiger partial charge in [0, 0.05) is 29.2 Å². The molecule has 0 fully saturated rings. The standard InChI is InChI=1S/C18H17NO2/c1-13-4-3-5-14(8-13)10-19-11-15(12-20)17-9-16(21-2)6-7-18(17)19/h3-9,11-12H,10H2,1-2H3. The lowest BCUT2D eigenvalue weighted by Crippen LogP contribution is -1.98. The van der Waals surface area contributed by atoms with Crippen LogP contribution in [0, 0.1) is 6.92 Å². The number of rotatable bonds is 4. The number of benzene rings is 2. The molecule has 0 spiro atoms. The molecule has 106 valence electrons. The van der Waals surface area contributed by atoms with E-state index in [1.54, 1.807) is 7.11 Å². The summed E-state index contributed by atoms with van der Waals surface area (Å²) >= 11 is 0. The molecule has 21 heavy (non-hydrogen) atoms. The van der Waals surface area contributed by atoms with E-state index < -0.39 is 0 Å². The van der Waals surface area contributed by atoms with Crippen LogP contribution in [0.15, 0.2) is 48.7 Å². The number of hydrogen-bond donors (Lipinski definition) is 0. The summed E-state index contributed by atoms with van der Waals surface area (Å²) < 4.78 is 7.34. The number of hydrogen-bond acceptors (Lipinski definition) is 2. The molecule has 3 rings (SSSR count). The molecule has 0 atom stereocenters. The Labute approximate surface area is 123 Å². The molecule has 2 aromatic carbocycles. The zero-order valence-corrected chi connectivity index (χ0v) is 12.2. The fraction of sp³-hybridized carbons (Fsp3) is 0.167. The number of carbonyl (C=O) groups is 1. The number of ether oxygens (including phenoxy) is 1. The third-order valence-corrected chi connectivity index (χ3v) is 3.68. The van der Waals surface area contributed by atoms with Crippen LogP contribution in [0.2, 0.25) is 0 Å². The highest BCUT2D eigenvalue weighted by Crippen LogP contribution is 2.26. The summed E-state index contributed by atoms with van der Waals surface area (Å²) in [5.74, 6) is 0.763. The van der Waals surface area contributed by atoms with Crippen LogP contribution in [0.4, 0.5) is 0 Å². The molecule has 0 saturated heterocycles. The third-order valence-electron chi connectivity index (χ3n) is 3.68. The summed E-state index contributed by atoms with van der Waals surface area (Å²) in [7, 11) is 1.63. The molecule has 0 unspecified atom stereocenters. The van der Waals surface area contributed by atoms with Crippen LogP contribution in [-0.2, 0) is 6.54 Å². The quantitative estimate of drug-likeness (QED) is 0.680. The van der Waals surface area contributed by atoms with Crippen LogP contribution < -0.4 is 4.74 Å². The van der Waals surface area contributed by atoms with Crippen molar-refractivity contribution in [1.29, 1.82) is 0 Å². The number of fused-ring (bicyclic) bond motifs is 1. The third kappa shape index (κ3) is 2.55. The first-order valence-corrected chi connectivity index (χ1v) is 6.89. The number of aldehydes is 1. The number of aryl methyl sites for hydroxylation is 1. The zero-order chi connectivity index (χ0) is 14.8. The minimum Gasteiger partial charge on any atom is -0.497 e.